The summed E-state index contributed by atoms with van der Waals surface area (Å²) in [5.74, 6) is 8.24. The molecule has 1 aromatic rings. The van der Waals surface area contributed by atoms with Crippen molar-refractivity contribution in [2.75, 3.05) is 13.7 Å². The maximum absolute atomic E-state index is 12.4. The van der Waals surface area contributed by atoms with Gasteiger partial charge in [0.1, 0.15) is 0 Å². The highest BCUT2D eigenvalue weighted by Crippen LogP contribution is 2.54. The van der Waals surface area contributed by atoms with E-state index in [1.807, 2.05) is 18.0 Å². The molecule has 0 bridgehead atoms. The van der Waals surface area contributed by atoms with Gasteiger partial charge in [-0.05, 0) is 48.1 Å². The van der Waals surface area contributed by atoms with E-state index >= 15 is 0 Å². The number of carbonyl (C=O) groups is 1. The first kappa shape index (κ1) is 14.6. The Hall–Kier alpha value is -1.31. The number of amides is 1. The van der Waals surface area contributed by atoms with Crippen LogP contribution in [0.15, 0.2) is 11.4 Å². The van der Waals surface area contributed by atoms with E-state index in [2.05, 4.69) is 17.2 Å². The van der Waals surface area contributed by atoms with Crippen LogP contribution in [0.2, 0.25) is 0 Å². The van der Waals surface area contributed by atoms with Crippen LogP contribution in [0.4, 0.5) is 0 Å². The van der Waals surface area contributed by atoms with Crippen molar-refractivity contribution in [1.82, 2.24) is 4.90 Å². The van der Waals surface area contributed by atoms with Gasteiger partial charge in [-0.1, -0.05) is 11.8 Å². The predicted molar refractivity (Wildman–Crippen MR) is 83.7 cm³/mol. The summed E-state index contributed by atoms with van der Waals surface area (Å²) >= 11 is 1.60. The monoisotopic (exact) mass is 303 g/mol. The molecule has 0 aromatic carbocycles. The molecule has 1 heterocycles. The largest absolute Gasteiger partial charge is 0.395 e. The predicted octanol–water partition coefficient (Wildman–Crippen LogP) is 2.49. The van der Waals surface area contributed by atoms with Crippen molar-refractivity contribution in [2.45, 2.75) is 32.2 Å². The molecule has 3 nitrogen and oxygen atoms in total. The Balaban J connectivity index is 1.53. The molecule has 0 radical (unpaired) electrons. The second kappa shape index (κ2) is 6.21. The Morgan fingerprint density at radius 1 is 1.43 bits per heavy atom. The maximum Gasteiger partial charge on any atom is 0.225 e. The molecule has 2 aliphatic carbocycles. The molecule has 2 aliphatic rings. The van der Waals surface area contributed by atoms with Gasteiger partial charge in [0.05, 0.1) is 11.5 Å². The summed E-state index contributed by atoms with van der Waals surface area (Å²) in [5.41, 5.74) is 1.15. The Bertz CT molecular complexity index is 573. The number of hydrogen-bond acceptors (Lipinski definition) is 3. The molecule has 1 N–H and O–H groups in total. The SMILES string of the molecule is CN(Cc1csc(C#CCCO)c1)C(=O)C1CC2CC2C1. The summed E-state index contributed by atoms with van der Waals surface area (Å²) in [4.78, 5) is 15.3. The summed E-state index contributed by atoms with van der Waals surface area (Å²) in [6.45, 7) is 0.773. The van der Waals surface area contributed by atoms with Crippen LogP contribution in [0.1, 0.15) is 36.1 Å². The van der Waals surface area contributed by atoms with E-state index in [-0.39, 0.29) is 12.5 Å². The van der Waals surface area contributed by atoms with Gasteiger partial charge in [-0.3, -0.25) is 4.79 Å². The average molecular weight is 303 g/mol. The van der Waals surface area contributed by atoms with Crippen molar-refractivity contribution in [3.8, 4) is 11.8 Å². The summed E-state index contributed by atoms with van der Waals surface area (Å²) < 4.78 is 0. The van der Waals surface area contributed by atoms with Gasteiger partial charge in [0.2, 0.25) is 5.91 Å². The zero-order valence-electron chi connectivity index (χ0n) is 12.3. The summed E-state index contributed by atoms with van der Waals surface area (Å²) in [6.07, 6.45) is 4.08. The van der Waals surface area contributed by atoms with Crippen molar-refractivity contribution in [3.63, 3.8) is 0 Å². The number of hydrogen-bond donors (Lipinski definition) is 1. The van der Waals surface area contributed by atoms with Crippen molar-refractivity contribution in [2.24, 2.45) is 17.8 Å². The molecule has 0 spiro atoms. The number of aliphatic hydroxyl groups is 1. The quantitative estimate of drug-likeness (QED) is 0.868. The summed E-state index contributed by atoms with van der Waals surface area (Å²) in [6, 6.07) is 2.05. The third-order valence-electron chi connectivity index (χ3n) is 4.49. The van der Waals surface area contributed by atoms with Gasteiger partial charge < -0.3 is 10.0 Å². The molecule has 2 unspecified atom stereocenters. The number of aliphatic hydroxyl groups excluding tert-OH is 1. The van der Waals surface area contributed by atoms with Crippen molar-refractivity contribution in [3.05, 3.63) is 21.9 Å². The van der Waals surface area contributed by atoms with Crippen molar-refractivity contribution in [1.29, 1.82) is 0 Å². The lowest BCUT2D eigenvalue weighted by Crippen LogP contribution is -2.31. The maximum atomic E-state index is 12.4. The molecule has 1 aromatic heterocycles. The van der Waals surface area contributed by atoms with E-state index in [0.29, 0.717) is 18.9 Å². The highest BCUT2D eigenvalue weighted by molar-refractivity contribution is 7.10. The molecule has 3 rings (SSSR count). The minimum atomic E-state index is 0.103. The van der Waals surface area contributed by atoms with E-state index < -0.39 is 0 Å². The molecule has 2 atom stereocenters. The second-order valence-corrected chi connectivity index (χ2v) is 7.12. The van der Waals surface area contributed by atoms with Gasteiger partial charge in [0, 0.05) is 25.9 Å². The first-order valence-electron chi connectivity index (χ1n) is 7.59. The topological polar surface area (TPSA) is 40.5 Å². The first-order valence-corrected chi connectivity index (χ1v) is 8.47. The number of fused-ring (bicyclic) bond motifs is 1. The van der Waals surface area contributed by atoms with Crippen molar-refractivity contribution >= 4 is 17.2 Å². The van der Waals surface area contributed by atoms with Crippen LogP contribution in [0.3, 0.4) is 0 Å². The number of nitrogens with zero attached hydrogens (tertiary/aromatic N) is 1. The smallest absolute Gasteiger partial charge is 0.225 e. The van der Waals surface area contributed by atoms with Crippen LogP contribution in [0.5, 0.6) is 0 Å². The van der Waals surface area contributed by atoms with Gasteiger partial charge in [0.15, 0.2) is 0 Å². The Labute approximate surface area is 130 Å². The van der Waals surface area contributed by atoms with E-state index in [1.165, 1.54) is 6.42 Å². The Morgan fingerprint density at radius 3 is 2.90 bits per heavy atom. The summed E-state index contributed by atoms with van der Waals surface area (Å²) in [7, 11) is 1.90. The number of thiophene rings is 1. The van der Waals surface area contributed by atoms with Crippen molar-refractivity contribution < 1.29 is 9.90 Å². The van der Waals surface area contributed by atoms with Crippen LogP contribution in [-0.2, 0) is 11.3 Å². The van der Waals surface area contributed by atoms with E-state index in [1.54, 1.807) is 11.3 Å². The van der Waals surface area contributed by atoms with Gasteiger partial charge in [-0.2, -0.15) is 0 Å². The molecule has 2 fully saturated rings. The van der Waals surface area contributed by atoms with Gasteiger partial charge in [0.25, 0.3) is 0 Å². The highest BCUT2D eigenvalue weighted by atomic mass is 32.1. The van der Waals surface area contributed by atoms with Crippen LogP contribution in [-0.4, -0.2) is 29.6 Å². The van der Waals surface area contributed by atoms with Crippen LogP contribution >= 0.6 is 11.3 Å². The Morgan fingerprint density at radius 2 is 2.19 bits per heavy atom. The second-order valence-electron chi connectivity index (χ2n) is 6.21. The lowest BCUT2D eigenvalue weighted by Gasteiger charge is -2.21. The molecule has 1 amide bonds. The van der Waals surface area contributed by atoms with Gasteiger partial charge >= 0.3 is 0 Å². The number of carbonyl (C=O) groups excluding carboxylic acids is 1. The van der Waals surface area contributed by atoms with Crippen LogP contribution < -0.4 is 0 Å². The fraction of sp³-hybridized carbons (Fsp3) is 0.588. The zero-order valence-corrected chi connectivity index (χ0v) is 13.2. The van der Waals surface area contributed by atoms with E-state index in [4.69, 9.17) is 5.11 Å². The molecule has 4 heteroatoms. The molecule has 21 heavy (non-hydrogen) atoms. The minimum absolute atomic E-state index is 0.103. The van der Waals surface area contributed by atoms with Crippen LogP contribution in [0, 0.1) is 29.6 Å². The lowest BCUT2D eigenvalue weighted by molar-refractivity contribution is -0.134. The van der Waals surface area contributed by atoms with Crippen LogP contribution in [0.25, 0.3) is 0 Å². The standard InChI is InChI=1S/C17H21NO2S/c1-18(17(20)15-8-13-7-14(13)9-15)10-12-6-16(21-11-12)4-2-3-5-19/h6,11,13-15,19H,3,5,7-10H2,1H3. The lowest BCUT2D eigenvalue weighted by atomic mass is 10.0. The Kier molecular flexibility index (Phi) is 4.32. The third-order valence-corrected chi connectivity index (χ3v) is 5.39. The summed E-state index contributed by atoms with van der Waals surface area (Å²) in [5, 5.41) is 10.8. The fourth-order valence-electron chi connectivity index (χ4n) is 3.31. The van der Waals surface area contributed by atoms with Gasteiger partial charge in [-0.25, -0.2) is 0 Å². The van der Waals surface area contributed by atoms with E-state index in [9.17, 15) is 4.79 Å². The zero-order chi connectivity index (χ0) is 14.8. The number of rotatable bonds is 4. The molecule has 112 valence electrons. The normalized spacial score (nSPS) is 25.9. The average Bonchev–Trinajstić information content (AvgIpc) is 2.88. The molecular formula is C17H21NO2S. The van der Waals surface area contributed by atoms with E-state index in [0.717, 1.165) is 35.1 Å². The molecule has 2 saturated carbocycles. The fourth-order valence-corrected chi connectivity index (χ4v) is 4.08. The third kappa shape index (κ3) is 3.48. The molecular weight excluding hydrogens is 282 g/mol. The highest BCUT2D eigenvalue weighted by Gasteiger charge is 2.48. The molecule has 0 saturated heterocycles. The van der Waals surface area contributed by atoms with Gasteiger partial charge in [-0.15, -0.1) is 11.3 Å². The first-order chi connectivity index (χ1) is 10.2. The minimum Gasteiger partial charge on any atom is -0.395 e. The molecule has 0 aliphatic heterocycles.